The van der Waals surface area contributed by atoms with E-state index >= 15 is 0 Å². The number of amides is 1. The van der Waals surface area contributed by atoms with Crippen molar-refractivity contribution in [3.05, 3.63) is 48.6 Å². The lowest BCUT2D eigenvalue weighted by Gasteiger charge is -2.08. The highest BCUT2D eigenvalue weighted by molar-refractivity contribution is 9.09. The highest BCUT2D eigenvalue weighted by Gasteiger charge is 2.05. The van der Waals surface area contributed by atoms with Crippen LogP contribution in [0.3, 0.4) is 0 Å². The molecule has 0 saturated heterocycles. The summed E-state index contributed by atoms with van der Waals surface area (Å²) < 4.78 is 4.97. The number of hydrogen-bond donors (Lipinski definition) is 1. The van der Waals surface area contributed by atoms with E-state index in [2.05, 4.69) is 27.8 Å². The summed E-state index contributed by atoms with van der Waals surface area (Å²) in [6.07, 6.45) is 1.09. The highest BCUT2D eigenvalue weighted by atomic mass is 79.9. The molecule has 0 heterocycles. The number of hydrogen-bond acceptors (Lipinski definition) is 2. The molecule has 0 aliphatic carbocycles. The van der Waals surface area contributed by atoms with Crippen molar-refractivity contribution in [2.75, 3.05) is 0 Å². The van der Waals surface area contributed by atoms with Crippen molar-refractivity contribution >= 4 is 22.0 Å². The van der Waals surface area contributed by atoms with E-state index in [1.54, 1.807) is 6.08 Å². The van der Waals surface area contributed by atoms with Crippen molar-refractivity contribution in [2.45, 2.75) is 11.6 Å². The Balaban J connectivity index is 2.31. The molecule has 0 bridgehead atoms. The first-order valence-electron chi connectivity index (χ1n) is 4.46. The highest BCUT2D eigenvalue weighted by Crippen LogP contribution is 2.01. The van der Waals surface area contributed by atoms with Crippen molar-refractivity contribution in [2.24, 2.45) is 0 Å². The molecule has 0 radical (unpaired) electrons. The van der Waals surface area contributed by atoms with Gasteiger partial charge in [-0.15, -0.1) is 6.58 Å². The summed E-state index contributed by atoms with van der Waals surface area (Å²) in [6.45, 7) is 3.78. The van der Waals surface area contributed by atoms with E-state index in [1.807, 2.05) is 30.3 Å². The normalized spacial score (nSPS) is 11.5. The summed E-state index contributed by atoms with van der Waals surface area (Å²) in [6, 6.07) is 9.50. The summed E-state index contributed by atoms with van der Waals surface area (Å²) in [7, 11) is 0. The van der Waals surface area contributed by atoms with E-state index in [0.29, 0.717) is 0 Å². The van der Waals surface area contributed by atoms with Crippen LogP contribution in [0.1, 0.15) is 5.56 Å². The number of halogens is 1. The average Bonchev–Trinajstić information content (AvgIpc) is 2.27. The molecule has 1 unspecified atom stereocenters. The number of rotatable bonds is 4. The van der Waals surface area contributed by atoms with Crippen molar-refractivity contribution in [1.82, 2.24) is 5.32 Å². The van der Waals surface area contributed by atoms with Crippen LogP contribution in [0.25, 0.3) is 0 Å². The topological polar surface area (TPSA) is 38.3 Å². The summed E-state index contributed by atoms with van der Waals surface area (Å²) in [5.74, 6) is 0. The van der Waals surface area contributed by atoms with E-state index in [9.17, 15) is 4.79 Å². The van der Waals surface area contributed by atoms with E-state index < -0.39 is 6.09 Å². The maximum absolute atomic E-state index is 11.2. The summed E-state index contributed by atoms with van der Waals surface area (Å²) in [5.41, 5.74) is 0.956. The zero-order valence-electron chi connectivity index (χ0n) is 8.15. The Bertz CT molecular complexity index is 327. The second-order valence-corrected chi connectivity index (χ2v) is 3.83. The lowest BCUT2D eigenvalue weighted by atomic mass is 10.2. The maximum atomic E-state index is 11.2. The van der Waals surface area contributed by atoms with Gasteiger partial charge in [0.2, 0.25) is 0 Å². The van der Waals surface area contributed by atoms with Crippen molar-refractivity contribution in [3.63, 3.8) is 0 Å². The van der Waals surface area contributed by atoms with E-state index in [1.165, 1.54) is 0 Å². The number of carbonyl (C=O) groups excluding carboxylic acids is 1. The molecule has 0 fully saturated rings. The fraction of sp³-hybridized carbons (Fsp3) is 0.182. The van der Waals surface area contributed by atoms with Gasteiger partial charge >= 0.3 is 6.09 Å². The third-order valence-electron chi connectivity index (χ3n) is 1.68. The molecular formula is C11H12BrNO2. The number of ether oxygens (including phenoxy) is 1. The predicted molar refractivity (Wildman–Crippen MR) is 62.7 cm³/mol. The summed E-state index contributed by atoms with van der Waals surface area (Å²) in [4.78, 5) is 10.9. The van der Waals surface area contributed by atoms with Crippen LogP contribution in [0.4, 0.5) is 4.79 Å². The first kappa shape index (κ1) is 11.8. The molecule has 1 aromatic rings. The Morgan fingerprint density at radius 2 is 2.20 bits per heavy atom. The molecule has 1 amide bonds. The van der Waals surface area contributed by atoms with E-state index in [0.717, 1.165) is 5.56 Å². The van der Waals surface area contributed by atoms with Gasteiger partial charge in [0, 0.05) is 0 Å². The lowest BCUT2D eigenvalue weighted by molar-refractivity contribution is 0.140. The van der Waals surface area contributed by atoms with Crippen molar-refractivity contribution in [1.29, 1.82) is 0 Å². The van der Waals surface area contributed by atoms with Gasteiger partial charge in [-0.2, -0.15) is 0 Å². The van der Waals surface area contributed by atoms with Crippen LogP contribution in [-0.4, -0.2) is 11.0 Å². The van der Waals surface area contributed by atoms with Crippen LogP contribution in [0, 0.1) is 0 Å². The third kappa shape index (κ3) is 4.65. The van der Waals surface area contributed by atoms with Gasteiger partial charge in [-0.05, 0) is 5.56 Å². The molecule has 1 N–H and O–H groups in total. The van der Waals surface area contributed by atoms with Gasteiger partial charge < -0.3 is 10.1 Å². The molecule has 1 rings (SSSR count). The number of alkyl carbamates (subject to hydrolysis) is 1. The van der Waals surface area contributed by atoms with E-state index in [-0.39, 0.29) is 11.6 Å². The Morgan fingerprint density at radius 3 is 2.80 bits per heavy atom. The Hall–Kier alpha value is -1.29. The predicted octanol–water partition coefficient (Wildman–Crippen LogP) is 2.82. The molecule has 0 aliphatic rings. The number of nitrogens with one attached hydrogen (secondary N) is 1. The van der Waals surface area contributed by atoms with Gasteiger partial charge in [0.25, 0.3) is 0 Å². The molecule has 1 atom stereocenters. The van der Waals surface area contributed by atoms with Crippen molar-refractivity contribution < 1.29 is 9.53 Å². The molecule has 3 nitrogen and oxygen atoms in total. The second kappa shape index (κ2) is 6.24. The number of carbonyl (C=O) groups is 1. The van der Waals surface area contributed by atoms with Crippen LogP contribution in [0.15, 0.2) is 43.0 Å². The van der Waals surface area contributed by atoms with Gasteiger partial charge in [0.1, 0.15) is 11.6 Å². The molecule has 0 aromatic heterocycles. The van der Waals surface area contributed by atoms with Crippen LogP contribution in [-0.2, 0) is 11.3 Å². The average molecular weight is 270 g/mol. The minimum Gasteiger partial charge on any atom is -0.445 e. The second-order valence-electron chi connectivity index (χ2n) is 2.84. The fourth-order valence-corrected chi connectivity index (χ4v) is 1.12. The SMILES string of the molecule is C=CC(Br)NC(=O)OCc1ccccc1. The molecule has 4 heteroatoms. The van der Waals surface area contributed by atoms with Gasteiger partial charge in [-0.1, -0.05) is 52.3 Å². The monoisotopic (exact) mass is 269 g/mol. The summed E-state index contributed by atoms with van der Waals surface area (Å²) in [5, 5.41) is 2.54. The molecule has 15 heavy (non-hydrogen) atoms. The zero-order valence-corrected chi connectivity index (χ0v) is 9.74. The van der Waals surface area contributed by atoms with Crippen LogP contribution in [0.2, 0.25) is 0 Å². The van der Waals surface area contributed by atoms with Crippen LogP contribution in [0.5, 0.6) is 0 Å². The Morgan fingerprint density at radius 1 is 1.53 bits per heavy atom. The largest absolute Gasteiger partial charge is 0.445 e. The third-order valence-corrected chi connectivity index (χ3v) is 2.28. The molecule has 80 valence electrons. The molecule has 1 aromatic carbocycles. The molecule has 0 spiro atoms. The first-order valence-corrected chi connectivity index (χ1v) is 5.38. The van der Waals surface area contributed by atoms with Crippen LogP contribution >= 0.6 is 15.9 Å². The first-order chi connectivity index (χ1) is 7.22. The summed E-state index contributed by atoms with van der Waals surface area (Å²) >= 11 is 3.17. The Labute approximate surface area is 97.3 Å². The number of alkyl halides is 1. The quantitative estimate of drug-likeness (QED) is 0.519. The minimum absolute atomic E-state index is 0.263. The minimum atomic E-state index is -0.472. The molecular weight excluding hydrogens is 258 g/mol. The smallest absolute Gasteiger partial charge is 0.408 e. The van der Waals surface area contributed by atoms with E-state index in [4.69, 9.17) is 4.74 Å². The van der Waals surface area contributed by atoms with Gasteiger partial charge in [-0.25, -0.2) is 4.79 Å². The van der Waals surface area contributed by atoms with Gasteiger partial charge in [0.15, 0.2) is 0 Å². The van der Waals surface area contributed by atoms with Crippen LogP contribution < -0.4 is 5.32 Å². The Kier molecular flexibility index (Phi) is 4.90. The standard InChI is InChI=1S/C11H12BrNO2/c1-2-10(12)13-11(14)15-8-9-6-4-3-5-7-9/h2-7,10H,1,8H2,(H,13,14). The number of benzene rings is 1. The maximum Gasteiger partial charge on any atom is 0.408 e. The zero-order chi connectivity index (χ0) is 11.1. The fourth-order valence-electron chi connectivity index (χ4n) is 0.936. The molecule has 0 saturated carbocycles. The lowest BCUT2D eigenvalue weighted by Crippen LogP contribution is -2.29. The van der Waals surface area contributed by atoms with Gasteiger partial charge in [-0.3, -0.25) is 0 Å². The van der Waals surface area contributed by atoms with Crippen molar-refractivity contribution in [3.8, 4) is 0 Å². The molecule has 0 aliphatic heterocycles. The van der Waals surface area contributed by atoms with Gasteiger partial charge in [0.05, 0.1) is 0 Å².